The van der Waals surface area contributed by atoms with Crippen molar-refractivity contribution in [2.75, 3.05) is 0 Å². The van der Waals surface area contributed by atoms with Crippen LogP contribution in [0.4, 0.5) is 22.0 Å². The number of hydrogen-bond donors (Lipinski definition) is 1. The summed E-state index contributed by atoms with van der Waals surface area (Å²) in [5, 5.41) is 0. The lowest BCUT2D eigenvalue weighted by atomic mass is 10.1. The van der Waals surface area contributed by atoms with Gasteiger partial charge in [0.2, 0.25) is 5.82 Å². The van der Waals surface area contributed by atoms with E-state index in [2.05, 4.69) is 0 Å². The molecule has 0 saturated carbocycles. The molecule has 0 aliphatic carbocycles. The van der Waals surface area contributed by atoms with Gasteiger partial charge in [0.1, 0.15) is 0 Å². The molecule has 24 heavy (non-hydrogen) atoms. The van der Waals surface area contributed by atoms with Crippen LogP contribution in [0, 0.1) is 29.1 Å². The topological polar surface area (TPSA) is 38.7 Å². The quantitative estimate of drug-likeness (QED) is 0.323. The van der Waals surface area contributed by atoms with Gasteiger partial charge in [0.15, 0.2) is 23.3 Å². The summed E-state index contributed by atoms with van der Waals surface area (Å²) in [5.41, 5.74) is -0.906. The number of hydrogen-bond acceptors (Lipinski definition) is 3. The van der Waals surface area contributed by atoms with Crippen molar-refractivity contribution < 1.29 is 35.6 Å². The van der Waals surface area contributed by atoms with Crippen molar-refractivity contribution in [2.45, 2.75) is 58.8 Å². The first-order valence-corrected chi connectivity index (χ1v) is 9.54. The van der Waals surface area contributed by atoms with Crippen molar-refractivity contribution >= 4 is 8.80 Å². The second-order valence-electron chi connectivity index (χ2n) is 5.95. The Kier molecular flexibility index (Phi) is 7.33. The molecule has 0 bridgehead atoms. The molecule has 0 fully saturated rings. The maximum atomic E-state index is 13.6. The van der Waals surface area contributed by atoms with Crippen LogP contribution in [0.25, 0.3) is 0 Å². The summed E-state index contributed by atoms with van der Waals surface area (Å²) < 4.78 is 77.3. The van der Waals surface area contributed by atoms with Gasteiger partial charge in [-0.05, 0) is 40.5 Å². The molecule has 0 aliphatic heterocycles. The second-order valence-corrected chi connectivity index (χ2v) is 8.34. The van der Waals surface area contributed by atoms with Crippen LogP contribution in [0.1, 0.15) is 39.7 Å². The first-order valence-electron chi connectivity index (χ1n) is 7.56. The van der Waals surface area contributed by atoms with E-state index in [1.54, 1.807) is 27.7 Å². The average Bonchev–Trinajstić information content (AvgIpc) is 2.45. The largest absolute Gasteiger partial charge is 0.498 e. The third kappa shape index (κ3) is 5.23. The zero-order valence-corrected chi connectivity index (χ0v) is 14.9. The van der Waals surface area contributed by atoms with Gasteiger partial charge in [-0.2, -0.15) is 0 Å². The predicted molar refractivity (Wildman–Crippen MR) is 79.8 cm³/mol. The van der Waals surface area contributed by atoms with Crippen LogP contribution >= 0.6 is 0 Å². The van der Waals surface area contributed by atoms with Crippen molar-refractivity contribution in [1.29, 1.82) is 0 Å². The maximum Gasteiger partial charge on any atom is 0.498 e. The first-order chi connectivity index (χ1) is 11.0. The normalized spacial score (nSPS) is 12.5. The van der Waals surface area contributed by atoms with Crippen molar-refractivity contribution in [3.63, 3.8) is 0 Å². The van der Waals surface area contributed by atoms with Gasteiger partial charge in [-0.3, -0.25) is 0 Å². The van der Waals surface area contributed by atoms with Gasteiger partial charge in [0.25, 0.3) is 0 Å². The third-order valence-corrected chi connectivity index (χ3v) is 5.72. The van der Waals surface area contributed by atoms with Gasteiger partial charge in [-0.25, -0.2) is 22.0 Å². The molecule has 1 N–H and O–H groups in total. The summed E-state index contributed by atoms with van der Waals surface area (Å²) in [6.07, 6.45) is -1.17. The van der Waals surface area contributed by atoms with Gasteiger partial charge < -0.3 is 13.6 Å². The molecular formula is C15H21F5O3Si. The van der Waals surface area contributed by atoms with E-state index >= 15 is 0 Å². The molecule has 0 aliphatic rings. The smallest absolute Gasteiger partial charge is 0.390 e. The number of rotatable bonds is 8. The Bertz CT molecular complexity index is 542. The van der Waals surface area contributed by atoms with Gasteiger partial charge >= 0.3 is 8.80 Å². The predicted octanol–water partition coefficient (Wildman–Crippen LogP) is 4.10. The Morgan fingerprint density at radius 2 is 1.17 bits per heavy atom. The Labute approximate surface area is 138 Å². The number of benzene rings is 1. The van der Waals surface area contributed by atoms with Gasteiger partial charge in [-0.15, -0.1) is 0 Å². The molecule has 9 heteroatoms. The Morgan fingerprint density at radius 1 is 0.792 bits per heavy atom. The second kappa shape index (κ2) is 8.37. The number of halogens is 5. The fourth-order valence-corrected chi connectivity index (χ4v) is 4.63. The molecule has 0 heterocycles. The summed E-state index contributed by atoms with van der Waals surface area (Å²) in [6, 6.07) is -0.0666. The van der Waals surface area contributed by atoms with E-state index in [1.165, 1.54) is 0 Å². The van der Waals surface area contributed by atoms with Crippen LogP contribution < -0.4 is 0 Å². The standard InChI is InChI=1S/C15H21F5O3Si/c1-8(2)22-24(21,23-9(3)4)7-5-6-10-11(16)13(18)15(20)14(19)12(10)17/h8-9,21H,5-7H2,1-4H3. The highest BCUT2D eigenvalue weighted by Crippen LogP contribution is 2.26. The van der Waals surface area contributed by atoms with Crippen molar-refractivity contribution in [2.24, 2.45) is 0 Å². The highest BCUT2D eigenvalue weighted by atomic mass is 28.4. The third-order valence-electron chi connectivity index (χ3n) is 3.06. The maximum absolute atomic E-state index is 13.6. The zero-order chi connectivity index (χ0) is 18.7. The minimum atomic E-state index is -3.61. The molecule has 3 nitrogen and oxygen atoms in total. The monoisotopic (exact) mass is 372 g/mol. The lowest BCUT2D eigenvalue weighted by Gasteiger charge is -2.28. The van der Waals surface area contributed by atoms with Crippen LogP contribution in [-0.4, -0.2) is 25.8 Å². The minimum Gasteiger partial charge on any atom is -0.390 e. The fraction of sp³-hybridized carbons (Fsp3) is 0.600. The van der Waals surface area contributed by atoms with E-state index in [0.29, 0.717) is 0 Å². The molecule has 0 spiro atoms. The van der Waals surface area contributed by atoms with E-state index in [0.717, 1.165) is 0 Å². The first kappa shape index (κ1) is 21.0. The molecule has 1 rings (SSSR count). The summed E-state index contributed by atoms with van der Waals surface area (Å²) >= 11 is 0. The molecule has 0 radical (unpaired) electrons. The molecule has 0 unspecified atom stereocenters. The van der Waals surface area contributed by atoms with Gasteiger partial charge in [-0.1, -0.05) is 0 Å². The highest BCUT2D eigenvalue weighted by molar-refractivity contribution is 6.59. The minimum absolute atomic E-state index is 0.0550. The molecule has 1 aromatic rings. The molecule has 138 valence electrons. The summed E-state index contributed by atoms with van der Waals surface area (Å²) in [4.78, 5) is 10.4. The van der Waals surface area contributed by atoms with Crippen LogP contribution in [0.3, 0.4) is 0 Å². The molecule has 0 atom stereocenters. The lowest BCUT2D eigenvalue weighted by molar-refractivity contribution is 0.0473. The van der Waals surface area contributed by atoms with Crippen molar-refractivity contribution in [3.05, 3.63) is 34.6 Å². The lowest BCUT2D eigenvalue weighted by Crippen LogP contribution is -2.46. The fourth-order valence-electron chi connectivity index (χ4n) is 2.24. The van der Waals surface area contributed by atoms with Crippen LogP contribution in [0.15, 0.2) is 0 Å². The van der Waals surface area contributed by atoms with Crippen LogP contribution in [-0.2, 0) is 15.3 Å². The summed E-state index contributed by atoms with van der Waals surface area (Å²) in [7, 11) is -3.61. The van der Waals surface area contributed by atoms with Crippen LogP contribution in [0.5, 0.6) is 0 Å². The van der Waals surface area contributed by atoms with E-state index in [1.807, 2.05) is 0 Å². The molecule has 0 aromatic heterocycles. The SMILES string of the molecule is CC(C)O[Si](O)(CCCc1c(F)c(F)c(F)c(F)c1F)OC(C)C. The van der Waals surface area contributed by atoms with E-state index in [4.69, 9.17) is 8.85 Å². The Hall–Kier alpha value is -1.03. The molecule has 0 saturated heterocycles. The Balaban J connectivity index is 2.89. The van der Waals surface area contributed by atoms with E-state index in [-0.39, 0.29) is 24.7 Å². The Morgan fingerprint density at radius 3 is 1.54 bits per heavy atom. The van der Waals surface area contributed by atoms with Crippen LogP contribution in [0.2, 0.25) is 6.04 Å². The molecule has 1 aromatic carbocycles. The van der Waals surface area contributed by atoms with Crippen molar-refractivity contribution in [1.82, 2.24) is 0 Å². The zero-order valence-electron chi connectivity index (χ0n) is 13.9. The van der Waals surface area contributed by atoms with E-state index < -0.39 is 49.9 Å². The summed E-state index contributed by atoms with van der Waals surface area (Å²) in [5.74, 6) is -9.86. The van der Waals surface area contributed by atoms with Gasteiger partial charge in [0.05, 0.1) is 0 Å². The van der Waals surface area contributed by atoms with Gasteiger partial charge in [0, 0.05) is 23.8 Å². The van der Waals surface area contributed by atoms with Crippen molar-refractivity contribution in [3.8, 4) is 0 Å². The molecular weight excluding hydrogens is 351 g/mol. The molecule has 0 amide bonds. The van der Waals surface area contributed by atoms with E-state index in [9.17, 15) is 26.7 Å². The average molecular weight is 372 g/mol. The highest BCUT2D eigenvalue weighted by Gasteiger charge is 2.39. The summed E-state index contributed by atoms with van der Waals surface area (Å²) in [6.45, 7) is 6.74.